The van der Waals surface area contributed by atoms with Crippen LogP contribution in [0, 0.1) is 25.2 Å². The second-order valence-electron chi connectivity index (χ2n) is 7.44. The fourth-order valence-electron chi connectivity index (χ4n) is 3.03. The predicted octanol–water partition coefficient (Wildman–Crippen LogP) is 5.23. The van der Waals surface area contributed by atoms with E-state index in [-0.39, 0.29) is 29.6 Å². The molecule has 0 atom stereocenters. The number of amides is 2. The molecular formula is C26H22ClN3O4. The van der Waals surface area contributed by atoms with E-state index >= 15 is 0 Å². The largest absolute Gasteiger partial charge is 0.508 e. The van der Waals surface area contributed by atoms with Crippen LogP contribution in [0.2, 0.25) is 5.02 Å². The van der Waals surface area contributed by atoms with Gasteiger partial charge in [-0.3, -0.25) is 9.59 Å². The first-order chi connectivity index (χ1) is 16.3. The van der Waals surface area contributed by atoms with E-state index in [9.17, 15) is 20.0 Å². The third kappa shape index (κ3) is 6.37. The second-order valence-corrected chi connectivity index (χ2v) is 7.87. The summed E-state index contributed by atoms with van der Waals surface area (Å²) in [5.74, 6) is -0.669. The monoisotopic (exact) mass is 475 g/mol. The second kappa shape index (κ2) is 11.0. The summed E-state index contributed by atoms with van der Waals surface area (Å²) in [7, 11) is 0. The fraction of sp³-hybridized carbons (Fsp3) is 0.115. The van der Waals surface area contributed by atoms with Crippen LogP contribution in [-0.2, 0) is 9.59 Å². The lowest BCUT2D eigenvalue weighted by Gasteiger charge is -2.13. The number of hydrogen-bond acceptors (Lipinski definition) is 5. The van der Waals surface area contributed by atoms with Gasteiger partial charge in [-0.25, -0.2) is 0 Å². The summed E-state index contributed by atoms with van der Waals surface area (Å²) in [5.41, 5.74) is 3.30. The van der Waals surface area contributed by atoms with Gasteiger partial charge in [0.1, 0.15) is 23.1 Å². The molecule has 8 heteroatoms. The molecule has 3 N–H and O–H groups in total. The number of anilines is 2. The van der Waals surface area contributed by atoms with E-state index in [0.29, 0.717) is 22.0 Å². The summed E-state index contributed by atoms with van der Waals surface area (Å²) in [6.07, 6.45) is 1.33. The average Bonchev–Trinajstić information content (AvgIpc) is 2.81. The SMILES string of the molecule is Cc1cccc(NC(=O)COc2ccc(Cl)cc2/C=C(\C#N)C(=O)Nc2ccc(O)cc2)c1C. The zero-order valence-corrected chi connectivity index (χ0v) is 19.3. The molecule has 2 amide bonds. The maximum absolute atomic E-state index is 12.6. The van der Waals surface area contributed by atoms with Crippen LogP contribution in [-0.4, -0.2) is 23.5 Å². The number of ether oxygens (including phenoxy) is 1. The number of nitrogens with one attached hydrogen (secondary N) is 2. The van der Waals surface area contributed by atoms with Gasteiger partial charge >= 0.3 is 0 Å². The van der Waals surface area contributed by atoms with Crippen molar-refractivity contribution in [1.29, 1.82) is 5.26 Å². The number of carbonyl (C=O) groups excluding carboxylic acids is 2. The number of phenols is 1. The number of nitriles is 1. The molecule has 0 radical (unpaired) electrons. The molecule has 0 fully saturated rings. The summed E-state index contributed by atoms with van der Waals surface area (Å²) in [6.45, 7) is 3.59. The molecule has 0 saturated heterocycles. The van der Waals surface area contributed by atoms with Gasteiger partial charge in [0.15, 0.2) is 6.61 Å². The van der Waals surface area contributed by atoms with Crippen LogP contribution in [0.1, 0.15) is 16.7 Å². The Morgan fingerprint density at radius 2 is 1.82 bits per heavy atom. The van der Waals surface area contributed by atoms with Gasteiger partial charge in [0.05, 0.1) is 0 Å². The Labute approximate surface area is 202 Å². The van der Waals surface area contributed by atoms with Crippen molar-refractivity contribution >= 4 is 40.9 Å². The lowest BCUT2D eigenvalue weighted by atomic mass is 10.1. The van der Waals surface area contributed by atoms with Crippen LogP contribution in [0.3, 0.4) is 0 Å². The number of hydrogen-bond donors (Lipinski definition) is 3. The highest BCUT2D eigenvalue weighted by Gasteiger charge is 2.13. The molecule has 34 heavy (non-hydrogen) atoms. The fourth-order valence-corrected chi connectivity index (χ4v) is 3.21. The quantitative estimate of drug-likeness (QED) is 0.246. The molecule has 0 bridgehead atoms. The molecule has 0 aliphatic carbocycles. The molecule has 0 spiro atoms. The Hall–Kier alpha value is -4.28. The standard InChI is InChI=1S/C26H22ClN3O4/c1-16-4-3-5-23(17(16)2)30-25(32)15-34-24-11-6-20(27)13-18(24)12-19(14-28)26(33)29-21-7-9-22(31)10-8-21/h3-13,31H,15H2,1-2H3,(H,29,33)(H,30,32)/b19-12+. The van der Waals surface area contributed by atoms with Crippen molar-refractivity contribution in [3.8, 4) is 17.6 Å². The van der Waals surface area contributed by atoms with Crippen molar-refractivity contribution < 1.29 is 19.4 Å². The molecule has 0 heterocycles. The Morgan fingerprint density at radius 3 is 2.53 bits per heavy atom. The van der Waals surface area contributed by atoms with Gasteiger partial charge in [-0.05, 0) is 79.6 Å². The normalized spacial score (nSPS) is 10.8. The lowest BCUT2D eigenvalue weighted by molar-refractivity contribution is -0.118. The Kier molecular flexibility index (Phi) is 7.91. The maximum atomic E-state index is 12.6. The maximum Gasteiger partial charge on any atom is 0.266 e. The Bertz CT molecular complexity index is 1290. The molecule has 0 unspecified atom stereocenters. The van der Waals surface area contributed by atoms with Crippen LogP contribution < -0.4 is 15.4 Å². The smallest absolute Gasteiger partial charge is 0.266 e. The summed E-state index contributed by atoms with van der Waals surface area (Å²) >= 11 is 6.10. The van der Waals surface area contributed by atoms with Gasteiger partial charge in [0.25, 0.3) is 11.8 Å². The average molecular weight is 476 g/mol. The highest BCUT2D eigenvalue weighted by atomic mass is 35.5. The van der Waals surface area contributed by atoms with Crippen LogP contribution in [0.4, 0.5) is 11.4 Å². The zero-order valence-electron chi connectivity index (χ0n) is 18.6. The number of aromatic hydroxyl groups is 1. The van der Waals surface area contributed by atoms with E-state index in [1.807, 2.05) is 38.1 Å². The van der Waals surface area contributed by atoms with E-state index < -0.39 is 5.91 Å². The van der Waals surface area contributed by atoms with E-state index in [4.69, 9.17) is 16.3 Å². The first-order valence-electron chi connectivity index (χ1n) is 10.3. The van der Waals surface area contributed by atoms with Crippen LogP contribution in [0.5, 0.6) is 11.5 Å². The minimum absolute atomic E-state index is 0.0522. The summed E-state index contributed by atoms with van der Waals surface area (Å²) in [6, 6.07) is 18.0. The molecule has 172 valence electrons. The van der Waals surface area contributed by atoms with Crippen molar-refractivity contribution in [2.45, 2.75) is 13.8 Å². The van der Waals surface area contributed by atoms with Gasteiger partial charge < -0.3 is 20.5 Å². The molecule has 0 aromatic heterocycles. The Balaban J connectivity index is 1.75. The highest BCUT2D eigenvalue weighted by molar-refractivity contribution is 6.30. The number of benzene rings is 3. The minimum Gasteiger partial charge on any atom is -0.508 e. The summed E-state index contributed by atoms with van der Waals surface area (Å²) in [5, 5.41) is 24.6. The molecule has 0 saturated carbocycles. The van der Waals surface area contributed by atoms with Gasteiger partial charge in [-0.1, -0.05) is 23.7 Å². The Morgan fingerprint density at radius 1 is 1.09 bits per heavy atom. The van der Waals surface area contributed by atoms with Crippen molar-refractivity contribution in [1.82, 2.24) is 0 Å². The van der Waals surface area contributed by atoms with Crippen molar-refractivity contribution in [3.63, 3.8) is 0 Å². The van der Waals surface area contributed by atoms with E-state index in [0.717, 1.165) is 11.1 Å². The van der Waals surface area contributed by atoms with E-state index in [2.05, 4.69) is 10.6 Å². The number of rotatable bonds is 7. The molecule has 3 aromatic rings. The molecule has 3 rings (SSSR count). The number of halogens is 1. The number of carbonyl (C=O) groups is 2. The van der Waals surface area contributed by atoms with Crippen LogP contribution in [0.15, 0.2) is 66.2 Å². The van der Waals surface area contributed by atoms with Gasteiger partial charge in [0, 0.05) is 22.0 Å². The topological polar surface area (TPSA) is 111 Å². The van der Waals surface area contributed by atoms with Crippen molar-refractivity contribution in [2.24, 2.45) is 0 Å². The van der Waals surface area contributed by atoms with Gasteiger partial charge in [-0.2, -0.15) is 5.26 Å². The minimum atomic E-state index is -0.646. The van der Waals surface area contributed by atoms with E-state index in [1.165, 1.54) is 36.4 Å². The molecule has 3 aromatic carbocycles. The molecule has 0 aliphatic heterocycles. The predicted molar refractivity (Wildman–Crippen MR) is 132 cm³/mol. The number of aryl methyl sites for hydroxylation is 1. The van der Waals surface area contributed by atoms with Crippen molar-refractivity contribution in [2.75, 3.05) is 17.2 Å². The first kappa shape index (κ1) is 24.4. The highest BCUT2D eigenvalue weighted by Crippen LogP contribution is 2.26. The van der Waals surface area contributed by atoms with Gasteiger partial charge in [-0.15, -0.1) is 0 Å². The van der Waals surface area contributed by atoms with Gasteiger partial charge in [0.2, 0.25) is 0 Å². The molecular weight excluding hydrogens is 454 g/mol. The van der Waals surface area contributed by atoms with Crippen LogP contribution >= 0.6 is 11.6 Å². The van der Waals surface area contributed by atoms with Crippen molar-refractivity contribution in [3.05, 3.63) is 87.9 Å². The summed E-state index contributed by atoms with van der Waals surface area (Å²) in [4.78, 5) is 25.0. The van der Waals surface area contributed by atoms with Crippen LogP contribution in [0.25, 0.3) is 6.08 Å². The molecule has 7 nitrogen and oxygen atoms in total. The third-order valence-electron chi connectivity index (χ3n) is 5.00. The third-order valence-corrected chi connectivity index (χ3v) is 5.23. The lowest BCUT2D eigenvalue weighted by Crippen LogP contribution is -2.21. The molecule has 0 aliphatic rings. The number of phenolic OH excluding ortho intramolecular Hbond substituents is 1. The number of nitrogens with zero attached hydrogens (tertiary/aromatic N) is 1. The van der Waals surface area contributed by atoms with E-state index in [1.54, 1.807) is 12.1 Å². The first-order valence-corrected chi connectivity index (χ1v) is 10.6. The zero-order chi connectivity index (χ0) is 24.7. The summed E-state index contributed by atoms with van der Waals surface area (Å²) < 4.78 is 5.67.